The van der Waals surface area contributed by atoms with E-state index in [0.717, 1.165) is 61.7 Å². The molecule has 6 heteroatoms. The van der Waals surface area contributed by atoms with Gasteiger partial charge >= 0.3 is 0 Å². The third-order valence-electron chi connectivity index (χ3n) is 6.12. The van der Waals surface area contributed by atoms with Crippen molar-refractivity contribution in [1.29, 1.82) is 0 Å². The summed E-state index contributed by atoms with van der Waals surface area (Å²) in [6, 6.07) is 18.0. The molecule has 1 amide bonds. The Morgan fingerprint density at radius 3 is 2.53 bits per heavy atom. The van der Waals surface area contributed by atoms with Crippen molar-refractivity contribution in [2.45, 2.75) is 32.7 Å². The number of aromatic nitrogens is 1. The number of piperidine rings is 1. The first kappa shape index (κ1) is 22.1. The Kier molecular flexibility index (Phi) is 7.22. The van der Waals surface area contributed by atoms with Gasteiger partial charge in [0.05, 0.1) is 12.8 Å². The van der Waals surface area contributed by atoms with E-state index in [9.17, 15) is 4.79 Å². The molecule has 1 saturated heterocycles. The monoisotopic (exact) mass is 433 g/mol. The van der Waals surface area contributed by atoms with Gasteiger partial charge in [-0.3, -0.25) is 9.69 Å². The summed E-state index contributed by atoms with van der Waals surface area (Å²) in [6.45, 7) is 5.17. The summed E-state index contributed by atoms with van der Waals surface area (Å²) in [7, 11) is 1.65. The number of likely N-dealkylation sites (tertiary alicyclic amines) is 1. The lowest BCUT2D eigenvalue weighted by molar-refractivity contribution is -0.126. The summed E-state index contributed by atoms with van der Waals surface area (Å²) in [5, 5.41) is 3.11. The summed E-state index contributed by atoms with van der Waals surface area (Å²) in [5.74, 6) is 2.56. The van der Waals surface area contributed by atoms with Crippen LogP contribution in [0.15, 0.2) is 59.0 Å². The normalized spacial score (nSPS) is 14.9. The van der Waals surface area contributed by atoms with Gasteiger partial charge in [0.1, 0.15) is 11.5 Å². The smallest absolute Gasteiger partial charge is 0.226 e. The lowest BCUT2D eigenvalue weighted by Crippen LogP contribution is -2.40. The molecular formula is C26H31N3O3. The van der Waals surface area contributed by atoms with E-state index in [1.807, 2.05) is 49.4 Å². The van der Waals surface area contributed by atoms with Crippen LogP contribution in [0, 0.1) is 12.8 Å². The van der Waals surface area contributed by atoms with Crippen molar-refractivity contribution in [3.8, 4) is 17.2 Å². The minimum Gasteiger partial charge on any atom is -0.497 e. The Bertz CT molecular complexity index is 1010. The minimum atomic E-state index is 0.0929. The first-order chi connectivity index (χ1) is 15.6. The van der Waals surface area contributed by atoms with Gasteiger partial charge in [-0.15, -0.1) is 0 Å². The average molecular weight is 434 g/mol. The number of methoxy groups -OCH3 is 1. The summed E-state index contributed by atoms with van der Waals surface area (Å²) in [4.78, 5) is 19.6. The Morgan fingerprint density at radius 2 is 1.84 bits per heavy atom. The molecule has 3 aromatic rings. The van der Waals surface area contributed by atoms with Gasteiger partial charge in [0.25, 0.3) is 0 Å². The molecule has 0 unspecified atom stereocenters. The van der Waals surface area contributed by atoms with E-state index in [1.165, 1.54) is 5.56 Å². The van der Waals surface area contributed by atoms with E-state index in [1.54, 1.807) is 7.11 Å². The van der Waals surface area contributed by atoms with Gasteiger partial charge in [-0.05, 0) is 69.1 Å². The highest BCUT2D eigenvalue weighted by Crippen LogP contribution is 2.26. The van der Waals surface area contributed by atoms with Gasteiger partial charge in [-0.1, -0.05) is 30.3 Å². The third kappa shape index (κ3) is 5.56. The maximum Gasteiger partial charge on any atom is 0.226 e. The van der Waals surface area contributed by atoms with E-state index >= 15 is 0 Å². The number of hydrogen-bond acceptors (Lipinski definition) is 5. The fourth-order valence-corrected chi connectivity index (χ4v) is 4.12. The Labute approximate surface area is 189 Å². The van der Waals surface area contributed by atoms with Crippen molar-refractivity contribution in [3.05, 3.63) is 71.6 Å². The zero-order valence-corrected chi connectivity index (χ0v) is 18.8. The van der Waals surface area contributed by atoms with Crippen LogP contribution in [0.1, 0.15) is 29.9 Å². The van der Waals surface area contributed by atoms with Gasteiger partial charge < -0.3 is 14.5 Å². The van der Waals surface area contributed by atoms with Crippen molar-refractivity contribution in [3.63, 3.8) is 0 Å². The predicted octanol–water partition coefficient (Wildman–Crippen LogP) is 4.23. The highest BCUT2D eigenvalue weighted by atomic mass is 16.5. The molecule has 2 aromatic carbocycles. The molecular weight excluding hydrogens is 402 g/mol. The second-order valence-corrected chi connectivity index (χ2v) is 8.33. The molecule has 2 heterocycles. The molecule has 1 fully saturated rings. The Morgan fingerprint density at radius 1 is 1.12 bits per heavy atom. The van der Waals surface area contributed by atoms with Gasteiger partial charge in [0.2, 0.25) is 11.8 Å². The molecule has 1 aliphatic rings. The third-order valence-corrected chi connectivity index (χ3v) is 6.12. The fourth-order valence-electron chi connectivity index (χ4n) is 4.12. The number of carbonyl (C=O) groups is 1. The fraction of sp³-hybridized carbons (Fsp3) is 0.385. The van der Waals surface area contributed by atoms with Crippen molar-refractivity contribution in [2.75, 3.05) is 26.7 Å². The molecule has 6 nitrogen and oxygen atoms in total. The zero-order valence-electron chi connectivity index (χ0n) is 18.8. The average Bonchev–Trinajstić information content (AvgIpc) is 3.20. The number of hydrogen-bond donors (Lipinski definition) is 1. The molecule has 1 aromatic heterocycles. The van der Waals surface area contributed by atoms with Gasteiger partial charge in [-0.25, -0.2) is 4.98 Å². The number of benzene rings is 2. The highest BCUT2D eigenvalue weighted by Gasteiger charge is 2.26. The van der Waals surface area contributed by atoms with Crippen LogP contribution in [0.25, 0.3) is 11.5 Å². The number of amides is 1. The lowest BCUT2D eigenvalue weighted by atomic mass is 9.95. The molecule has 0 radical (unpaired) electrons. The van der Waals surface area contributed by atoms with Crippen LogP contribution in [-0.2, 0) is 17.8 Å². The number of oxazole rings is 1. The molecule has 0 atom stereocenters. The maximum absolute atomic E-state index is 12.5. The first-order valence-electron chi connectivity index (χ1n) is 11.3. The highest BCUT2D eigenvalue weighted by molar-refractivity contribution is 5.78. The number of aryl methyl sites for hydroxylation is 1. The molecule has 0 saturated carbocycles. The predicted molar refractivity (Wildman–Crippen MR) is 124 cm³/mol. The van der Waals surface area contributed by atoms with E-state index < -0.39 is 0 Å². The number of carbonyl (C=O) groups excluding carboxylic acids is 1. The van der Waals surface area contributed by atoms with Crippen LogP contribution in [0.3, 0.4) is 0 Å². The largest absolute Gasteiger partial charge is 0.497 e. The van der Waals surface area contributed by atoms with E-state index in [0.29, 0.717) is 12.4 Å². The quantitative estimate of drug-likeness (QED) is 0.576. The first-order valence-corrected chi connectivity index (χ1v) is 11.3. The van der Waals surface area contributed by atoms with Crippen LogP contribution in [0.2, 0.25) is 0 Å². The number of nitrogens with one attached hydrogen (secondary N) is 1. The second-order valence-electron chi connectivity index (χ2n) is 8.33. The number of rotatable bonds is 8. The van der Waals surface area contributed by atoms with Crippen molar-refractivity contribution < 1.29 is 13.9 Å². The molecule has 32 heavy (non-hydrogen) atoms. The number of ether oxygens (including phenoxy) is 1. The molecule has 4 rings (SSSR count). The molecule has 1 N–H and O–H groups in total. The Hall–Kier alpha value is -3.12. The molecule has 0 bridgehead atoms. The summed E-state index contributed by atoms with van der Waals surface area (Å²) < 4.78 is 11.1. The van der Waals surface area contributed by atoms with Crippen LogP contribution < -0.4 is 10.1 Å². The van der Waals surface area contributed by atoms with Crippen LogP contribution in [-0.4, -0.2) is 42.5 Å². The standard InChI is InChI=1S/C26H31N3O3/c1-19-24(28-26(32-19)22-8-10-23(31-2)11-9-22)18-29-16-13-21(14-17-29)25(30)27-15-12-20-6-4-3-5-7-20/h3-11,21H,12-18H2,1-2H3,(H,27,30). The zero-order chi connectivity index (χ0) is 22.3. The van der Waals surface area contributed by atoms with E-state index in [2.05, 4.69) is 22.3 Å². The van der Waals surface area contributed by atoms with E-state index in [4.69, 9.17) is 14.1 Å². The Balaban J connectivity index is 1.25. The summed E-state index contributed by atoms with van der Waals surface area (Å²) in [5.41, 5.74) is 3.15. The van der Waals surface area contributed by atoms with Crippen LogP contribution in [0.5, 0.6) is 5.75 Å². The number of nitrogens with zero attached hydrogens (tertiary/aromatic N) is 2. The maximum atomic E-state index is 12.5. The molecule has 0 aliphatic carbocycles. The molecule has 168 valence electrons. The SMILES string of the molecule is COc1ccc(-c2nc(CN3CCC(C(=O)NCCc4ccccc4)CC3)c(C)o2)cc1. The van der Waals surface area contributed by atoms with Crippen LogP contribution >= 0.6 is 0 Å². The molecule has 0 spiro atoms. The van der Waals surface area contributed by atoms with Gasteiger partial charge in [0.15, 0.2) is 0 Å². The summed E-state index contributed by atoms with van der Waals surface area (Å²) >= 11 is 0. The lowest BCUT2D eigenvalue weighted by Gasteiger charge is -2.30. The minimum absolute atomic E-state index is 0.0929. The van der Waals surface area contributed by atoms with Crippen LogP contribution in [0.4, 0.5) is 0 Å². The van der Waals surface area contributed by atoms with Crippen molar-refractivity contribution in [1.82, 2.24) is 15.2 Å². The van der Waals surface area contributed by atoms with Gasteiger partial charge in [-0.2, -0.15) is 0 Å². The molecule has 1 aliphatic heterocycles. The van der Waals surface area contributed by atoms with Gasteiger partial charge in [0, 0.05) is 24.6 Å². The van der Waals surface area contributed by atoms with Crippen molar-refractivity contribution in [2.24, 2.45) is 5.92 Å². The summed E-state index contributed by atoms with van der Waals surface area (Å²) in [6.07, 6.45) is 2.62. The van der Waals surface area contributed by atoms with E-state index in [-0.39, 0.29) is 11.8 Å². The second kappa shape index (κ2) is 10.5. The van der Waals surface area contributed by atoms with Crippen molar-refractivity contribution >= 4 is 5.91 Å². The topological polar surface area (TPSA) is 67.6 Å².